The molecule has 1 atom stereocenters. The summed E-state index contributed by atoms with van der Waals surface area (Å²) in [4.78, 5) is 22.5. The van der Waals surface area contributed by atoms with Gasteiger partial charge >= 0.3 is 0 Å². The van der Waals surface area contributed by atoms with Crippen LogP contribution in [-0.4, -0.2) is 20.6 Å². The summed E-state index contributed by atoms with van der Waals surface area (Å²) in [5, 5.41) is 17.9. The van der Waals surface area contributed by atoms with Crippen molar-refractivity contribution < 1.29 is 9.72 Å². The van der Waals surface area contributed by atoms with Gasteiger partial charge in [-0.15, -0.1) is 0 Å². The van der Waals surface area contributed by atoms with E-state index >= 15 is 0 Å². The molecule has 0 bridgehead atoms. The molecule has 1 aromatic heterocycles. The van der Waals surface area contributed by atoms with E-state index in [1.54, 1.807) is 11.7 Å². The number of benzene rings is 1. The Balaban J connectivity index is 2.20. The molecule has 0 aliphatic carbocycles. The molecule has 0 saturated carbocycles. The van der Waals surface area contributed by atoms with Crippen LogP contribution in [0.25, 0.3) is 0 Å². The molecule has 0 fully saturated rings. The van der Waals surface area contributed by atoms with Crippen molar-refractivity contribution in [2.75, 3.05) is 0 Å². The van der Waals surface area contributed by atoms with Gasteiger partial charge in [0.05, 0.1) is 16.7 Å². The first-order valence-corrected chi connectivity index (χ1v) is 6.92. The van der Waals surface area contributed by atoms with Gasteiger partial charge in [-0.25, -0.2) is 0 Å². The largest absolute Gasteiger partial charge is 0.345 e. The minimum Gasteiger partial charge on any atom is -0.345 e. The van der Waals surface area contributed by atoms with Crippen molar-refractivity contribution in [3.05, 3.63) is 56.4 Å². The summed E-state index contributed by atoms with van der Waals surface area (Å²) < 4.78 is 1.67. The highest BCUT2D eigenvalue weighted by molar-refractivity contribution is 6.32. The number of rotatable bonds is 4. The number of nitrogens with zero attached hydrogens (tertiary/aromatic N) is 3. The summed E-state index contributed by atoms with van der Waals surface area (Å²) in [6.45, 7) is 3.68. The van der Waals surface area contributed by atoms with Crippen molar-refractivity contribution in [1.29, 1.82) is 0 Å². The summed E-state index contributed by atoms with van der Waals surface area (Å²) in [5.41, 5.74) is 1.60. The Hall–Kier alpha value is -2.41. The second-order valence-corrected chi connectivity index (χ2v) is 5.37. The Morgan fingerprint density at radius 3 is 2.73 bits per heavy atom. The van der Waals surface area contributed by atoms with E-state index in [9.17, 15) is 14.9 Å². The third-order valence-corrected chi connectivity index (χ3v) is 3.59. The van der Waals surface area contributed by atoms with Gasteiger partial charge in [0.25, 0.3) is 11.6 Å². The smallest absolute Gasteiger partial charge is 0.288 e. The fraction of sp³-hybridized carbons (Fsp3) is 0.286. The summed E-state index contributed by atoms with van der Waals surface area (Å²) in [6.07, 6.45) is 1.82. The number of halogens is 1. The lowest BCUT2D eigenvalue weighted by atomic mass is 10.1. The lowest BCUT2D eigenvalue weighted by Gasteiger charge is -2.13. The predicted octanol–water partition coefficient (Wildman–Crippen LogP) is 2.78. The van der Waals surface area contributed by atoms with Crippen LogP contribution in [0.3, 0.4) is 0 Å². The fourth-order valence-corrected chi connectivity index (χ4v) is 2.38. The van der Waals surface area contributed by atoms with Gasteiger partial charge in [-0.2, -0.15) is 5.10 Å². The van der Waals surface area contributed by atoms with Crippen LogP contribution in [0, 0.1) is 17.0 Å². The molecule has 116 valence electrons. The van der Waals surface area contributed by atoms with Gasteiger partial charge in [0.1, 0.15) is 5.02 Å². The van der Waals surface area contributed by atoms with E-state index in [0.29, 0.717) is 0 Å². The van der Waals surface area contributed by atoms with E-state index in [1.807, 2.05) is 20.0 Å². The topological polar surface area (TPSA) is 90.1 Å². The van der Waals surface area contributed by atoms with Crippen LogP contribution in [0.2, 0.25) is 5.02 Å². The zero-order valence-corrected chi connectivity index (χ0v) is 13.1. The fourth-order valence-electron chi connectivity index (χ4n) is 2.19. The number of hydrogen-bond donors (Lipinski definition) is 1. The molecule has 2 aromatic rings. The molecule has 7 nitrogen and oxygen atoms in total. The number of carbonyl (C=O) groups is 1. The van der Waals surface area contributed by atoms with Gasteiger partial charge in [0, 0.05) is 30.4 Å². The second-order valence-electron chi connectivity index (χ2n) is 4.96. The Kier molecular flexibility index (Phi) is 4.46. The van der Waals surface area contributed by atoms with Gasteiger partial charge in [0.15, 0.2) is 0 Å². The molecule has 0 aliphatic heterocycles. The van der Waals surface area contributed by atoms with Crippen LogP contribution in [-0.2, 0) is 7.05 Å². The standard InChI is InChI=1S/C14H15ClN4O3/c1-8(11-7-18(3)17-9(11)2)16-14(20)10-4-5-12(15)13(6-10)19(21)22/h4-8H,1-3H3,(H,16,20). The van der Waals surface area contributed by atoms with Crippen LogP contribution in [0.4, 0.5) is 5.69 Å². The molecule has 1 unspecified atom stereocenters. The van der Waals surface area contributed by atoms with E-state index in [0.717, 1.165) is 11.3 Å². The molecule has 1 heterocycles. The molecule has 0 radical (unpaired) electrons. The summed E-state index contributed by atoms with van der Waals surface area (Å²) in [6, 6.07) is 3.69. The molecule has 1 N–H and O–H groups in total. The normalized spacial score (nSPS) is 12.0. The minimum absolute atomic E-state index is 0.00213. The van der Waals surface area contributed by atoms with Crippen molar-refractivity contribution in [2.45, 2.75) is 19.9 Å². The average molecular weight is 323 g/mol. The van der Waals surface area contributed by atoms with E-state index in [2.05, 4.69) is 10.4 Å². The highest BCUT2D eigenvalue weighted by Gasteiger charge is 2.19. The molecule has 2 rings (SSSR count). The lowest BCUT2D eigenvalue weighted by molar-refractivity contribution is -0.384. The maximum atomic E-state index is 12.2. The quantitative estimate of drug-likeness (QED) is 0.692. The molecular weight excluding hydrogens is 308 g/mol. The Bertz CT molecular complexity index is 742. The minimum atomic E-state index is -0.617. The molecular formula is C14H15ClN4O3. The van der Waals surface area contributed by atoms with Crippen molar-refractivity contribution in [2.24, 2.45) is 7.05 Å². The van der Waals surface area contributed by atoms with Crippen LogP contribution in [0.15, 0.2) is 24.4 Å². The summed E-state index contributed by atoms with van der Waals surface area (Å²) in [5.74, 6) is -0.407. The molecule has 1 aromatic carbocycles. The van der Waals surface area contributed by atoms with Crippen LogP contribution in [0.5, 0.6) is 0 Å². The first kappa shape index (κ1) is 16.0. The van der Waals surface area contributed by atoms with E-state index in [4.69, 9.17) is 11.6 Å². The zero-order valence-electron chi connectivity index (χ0n) is 12.3. The van der Waals surface area contributed by atoms with Gasteiger partial charge in [-0.05, 0) is 26.0 Å². The van der Waals surface area contributed by atoms with Crippen molar-refractivity contribution in [3.63, 3.8) is 0 Å². The third kappa shape index (κ3) is 3.25. The summed E-state index contributed by atoms with van der Waals surface area (Å²) in [7, 11) is 1.80. The maximum absolute atomic E-state index is 12.2. The van der Waals surface area contributed by atoms with Crippen molar-refractivity contribution in [1.82, 2.24) is 15.1 Å². The zero-order chi connectivity index (χ0) is 16.4. The molecule has 0 spiro atoms. The lowest BCUT2D eigenvalue weighted by Crippen LogP contribution is -2.26. The Labute approximate surface area is 132 Å². The highest BCUT2D eigenvalue weighted by Crippen LogP contribution is 2.25. The number of nitrogens with one attached hydrogen (secondary N) is 1. The number of aromatic nitrogens is 2. The monoisotopic (exact) mass is 322 g/mol. The Morgan fingerprint density at radius 2 is 2.18 bits per heavy atom. The predicted molar refractivity (Wildman–Crippen MR) is 81.9 cm³/mol. The van der Waals surface area contributed by atoms with Gasteiger partial charge < -0.3 is 5.32 Å². The molecule has 0 aliphatic rings. The number of nitro benzene ring substituents is 1. The Morgan fingerprint density at radius 1 is 1.50 bits per heavy atom. The van der Waals surface area contributed by atoms with Crippen molar-refractivity contribution in [3.8, 4) is 0 Å². The number of nitro groups is 1. The highest BCUT2D eigenvalue weighted by atomic mass is 35.5. The SMILES string of the molecule is Cc1nn(C)cc1C(C)NC(=O)c1ccc(Cl)c([N+](=O)[O-])c1. The molecule has 8 heteroatoms. The van der Waals surface area contributed by atoms with Crippen LogP contribution in [0.1, 0.15) is 34.6 Å². The third-order valence-electron chi connectivity index (χ3n) is 3.27. The first-order valence-electron chi connectivity index (χ1n) is 6.54. The number of aryl methyl sites for hydroxylation is 2. The van der Waals surface area contributed by atoms with Gasteiger partial charge in [-0.3, -0.25) is 19.6 Å². The molecule has 0 saturated heterocycles. The molecule has 22 heavy (non-hydrogen) atoms. The second kappa shape index (κ2) is 6.15. The molecule has 1 amide bonds. The number of amides is 1. The average Bonchev–Trinajstić information content (AvgIpc) is 2.77. The van der Waals surface area contributed by atoms with Crippen molar-refractivity contribution >= 4 is 23.2 Å². The van der Waals surface area contributed by atoms with Gasteiger partial charge in [-0.1, -0.05) is 11.6 Å². The first-order chi connectivity index (χ1) is 10.3. The van der Waals surface area contributed by atoms with Crippen LogP contribution >= 0.6 is 11.6 Å². The number of hydrogen-bond acceptors (Lipinski definition) is 4. The van der Waals surface area contributed by atoms with E-state index in [1.165, 1.54) is 18.2 Å². The summed E-state index contributed by atoms with van der Waals surface area (Å²) >= 11 is 5.74. The maximum Gasteiger partial charge on any atom is 0.288 e. The van der Waals surface area contributed by atoms with E-state index < -0.39 is 10.8 Å². The number of carbonyl (C=O) groups excluding carboxylic acids is 1. The van der Waals surface area contributed by atoms with Gasteiger partial charge in [0.2, 0.25) is 0 Å². The van der Waals surface area contributed by atoms with Crippen LogP contribution < -0.4 is 5.32 Å². The van der Waals surface area contributed by atoms with E-state index in [-0.39, 0.29) is 22.3 Å².